The third-order valence-corrected chi connectivity index (χ3v) is 5.27. The van der Waals surface area contributed by atoms with Gasteiger partial charge in [0.05, 0.1) is 22.7 Å². The fourth-order valence-electron chi connectivity index (χ4n) is 3.84. The van der Waals surface area contributed by atoms with E-state index in [0.717, 1.165) is 22.9 Å². The predicted octanol–water partition coefficient (Wildman–Crippen LogP) is 5.97. The minimum absolute atomic E-state index is 0. The Balaban J connectivity index is 0.00000204. The van der Waals surface area contributed by atoms with Gasteiger partial charge in [-0.15, -0.1) is 0 Å². The zero-order valence-corrected chi connectivity index (χ0v) is 15.8. The van der Waals surface area contributed by atoms with E-state index in [0.29, 0.717) is 34.0 Å². The molecule has 4 aromatic rings. The summed E-state index contributed by atoms with van der Waals surface area (Å²) in [7, 11) is 0. The van der Waals surface area contributed by atoms with Crippen molar-refractivity contribution in [2.45, 2.75) is 0 Å². The van der Waals surface area contributed by atoms with Crippen molar-refractivity contribution >= 4 is 58.1 Å². The molecule has 0 saturated heterocycles. The zero-order chi connectivity index (χ0) is 20.1. The summed E-state index contributed by atoms with van der Waals surface area (Å²) < 4.78 is 12.0. The van der Waals surface area contributed by atoms with Crippen LogP contribution in [0.3, 0.4) is 0 Å². The first-order valence-corrected chi connectivity index (χ1v) is 9.66. The van der Waals surface area contributed by atoms with E-state index in [2.05, 4.69) is 10.6 Å². The molecule has 0 aliphatic carbocycles. The quantitative estimate of drug-likeness (QED) is 0.269. The van der Waals surface area contributed by atoms with Crippen LogP contribution in [0.25, 0.3) is 0 Å². The number of rotatable bonds is 2. The molecule has 5 nitrogen and oxygen atoms in total. The topological polar surface area (TPSA) is 59.6 Å². The molecule has 0 unspecified atom stereocenters. The molecule has 0 spiro atoms. The summed E-state index contributed by atoms with van der Waals surface area (Å²) in [6, 6.07) is 26.3. The van der Waals surface area contributed by atoms with Crippen LogP contribution in [-0.2, 0) is 0 Å². The molecule has 4 aromatic carbocycles. The van der Waals surface area contributed by atoms with Crippen molar-refractivity contribution < 1.29 is 14.3 Å². The van der Waals surface area contributed by atoms with Crippen LogP contribution in [0.4, 0.5) is 22.7 Å². The van der Waals surface area contributed by atoms with Crippen molar-refractivity contribution in [3.63, 3.8) is 0 Å². The van der Waals surface area contributed by atoms with Crippen LogP contribution < -0.4 is 20.1 Å². The number of hydrogen-bond acceptors (Lipinski definition) is 5. The van der Waals surface area contributed by atoms with Gasteiger partial charge in [-0.3, -0.25) is 4.79 Å². The van der Waals surface area contributed by atoms with Crippen LogP contribution in [0, 0.1) is 0 Å². The molecule has 0 bridgehead atoms. The Morgan fingerprint density at radius 2 is 0.968 bits per heavy atom. The van der Waals surface area contributed by atoms with E-state index < -0.39 is 0 Å². The van der Waals surface area contributed by atoms with E-state index in [4.69, 9.17) is 9.47 Å². The van der Waals surface area contributed by atoms with Crippen LogP contribution >= 0.6 is 0 Å². The fraction of sp³-hybridized carbons (Fsp3) is 0. The number of ether oxygens (including phenoxy) is 2. The molecule has 2 N–H and O–H groups in total. The van der Waals surface area contributed by atoms with Crippen LogP contribution in [-0.4, -0.2) is 35.3 Å². The Labute approximate surface area is 201 Å². The van der Waals surface area contributed by atoms with Crippen LogP contribution in [0.1, 0.15) is 15.9 Å². The van der Waals surface area contributed by atoms with Gasteiger partial charge < -0.3 is 20.1 Å². The maximum atomic E-state index is 13.6. The molecule has 2 aliphatic heterocycles. The molecule has 6 heteroatoms. The third-order valence-electron chi connectivity index (χ3n) is 5.27. The molecule has 0 fully saturated rings. The number of benzene rings is 4. The normalized spacial score (nSPS) is 12.1. The molecule has 146 valence electrons. The first-order chi connectivity index (χ1) is 14.8. The van der Waals surface area contributed by atoms with Crippen molar-refractivity contribution in [2.75, 3.05) is 10.6 Å². The number of fused-ring (bicyclic) bond motifs is 4. The molecule has 6 rings (SSSR count). The van der Waals surface area contributed by atoms with Gasteiger partial charge in [0.1, 0.15) is 0 Å². The molecule has 0 aromatic heterocycles. The van der Waals surface area contributed by atoms with Gasteiger partial charge in [0.25, 0.3) is 0 Å². The Hall–Kier alpha value is -3.25. The number of anilines is 4. The second-order valence-electron chi connectivity index (χ2n) is 7.13. The van der Waals surface area contributed by atoms with Gasteiger partial charge >= 0.3 is 29.6 Å². The summed E-state index contributed by atoms with van der Waals surface area (Å²) in [5, 5.41) is 6.72. The second kappa shape index (κ2) is 7.78. The maximum absolute atomic E-state index is 13.6. The minimum atomic E-state index is -0.116. The van der Waals surface area contributed by atoms with Crippen molar-refractivity contribution in [2.24, 2.45) is 0 Å². The summed E-state index contributed by atoms with van der Waals surface area (Å²) in [6.45, 7) is 0. The molecular formula is C25H17N2NaO3. The van der Waals surface area contributed by atoms with E-state index in [9.17, 15) is 4.79 Å². The SMILES string of the molecule is O=C(c1cccc2c1Nc1ccccc1O2)c1cccc2c1Nc1ccccc1O2.[NaH]. The van der Waals surface area contributed by atoms with Crippen LogP contribution in [0.2, 0.25) is 0 Å². The van der Waals surface area contributed by atoms with Crippen LogP contribution in [0.15, 0.2) is 84.9 Å². The van der Waals surface area contributed by atoms with Crippen LogP contribution in [0.5, 0.6) is 23.0 Å². The van der Waals surface area contributed by atoms with Crippen molar-refractivity contribution in [1.82, 2.24) is 0 Å². The molecule has 2 aliphatic rings. The first kappa shape index (κ1) is 19.7. The average molecular weight is 416 g/mol. The number of hydrogen-bond donors (Lipinski definition) is 2. The summed E-state index contributed by atoms with van der Waals surface area (Å²) in [5.41, 5.74) is 4.06. The number of carbonyl (C=O) groups is 1. The van der Waals surface area contributed by atoms with Gasteiger partial charge in [0.2, 0.25) is 0 Å². The van der Waals surface area contributed by atoms with Gasteiger partial charge in [-0.1, -0.05) is 36.4 Å². The molecule has 31 heavy (non-hydrogen) atoms. The van der Waals surface area contributed by atoms with Crippen molar-refractivity contribution in [3.05, 3.63) is 96.1 Å². The Kier molecular flexibility index (Phi) is 4.94. The van der Waals surface area contributed by atoms with Crippen molar-refractivity contribution in [3.8, 4) is 23.0 Å². The molecule has 0 radical (unpaired) electrons. The average Bonchev–Trinajstić information content (AvgIpc) is 2.80. The number of nitrogens with one attached hydrogen (secondary N) is 2. The Morgan fingerprint density at radius 1 is 0.548 bits per heavy atom. The zero-order valence-electron chi connectivity index (χ0n) is 15.8. The third kappa shape index (κ3) is 3.27. The molecule has 0 saturated carbocycles. The monoisotopic (exact) mass is 416 g/mol. The predicted molar refractivity (Wildman–Crippen MR) is 123 cm³/mol. The van der Waals surface area contributed by atoms with Gasteiger partial charge in [-0.25, -0.2) is 0 Å². The number of para-hydroxylation sites is 6. The van der Waals surface area contributed by atoms with E-state index >= 15 is 0 Å². The van der Waals surface area contributed by atoms with Gasteiger partial charge in [-0.05, 0) is 48.5 Å². The second-order valence-corrected chi connectivity index (χ2v) is 7.13. The first-order valence-electron chi connectivity index (χ1n) is 9.66. The van der Waals surface area contributed by atoms with Gasteiger partial charge in [0.15, 0.2) is 28.8 Å². The van der Waals surface area contributed by atoms with Crippen molar-refractivity contribution in [1.29, 1.82) is 0 Å². The number of ketones is 1. The van der Waals surface area contributed by atoms with E-state index in [1.165, 1.54) is 0 Å². The Bertz CT molecular complexity index is 1240. The van der Waals surface area contributed by atoms with Gasteiger partial charge in [0, 0.05) is 11.1 Å². The van der Waals surface area contributed by atoms with E-state index in [1.54, 1.807) is 0 Å². The van der Waals surface area contributed by atoms with E-state index in [1.807, 2.05) is 84.9 Å². The summed E-state index contributed by atoms with van der Waals surface area (Å²) in [4.78, 5) is 13.6. The summed E-state index contributed by atoms with van der Waals surface area (Å²) in [5.74, 6) is 2.60. The molecular weight excluding hydrogens is 399 g/mol. The van der Waals surface area contributed by atoms with Gasteiger partial charge in [-0.2, -0.15) is 0 Å². The van der Waals surface area contributed by atoms with E-state index in [-0.39, 0.29) is 35.3 Å². The molecule has 0 atom stereocenters. The number of carbonyl (C=O) groups excluding carboxylic acids is 1. The Morgan fingerprint density at radius 3 is 1.45 bits per heavy atom. The summed E-state index contributed by atoms with van der Waals surface area (Å²) >= 11 is 0. The fourth-order valence-corrected chi connectivity index (χ4v) is 3.84. The standard InChI is InChI=1S/C25H16N2O3.Na.H/c28-25(15-7-5-13-21-23(15)26-17-9-1-3-11-19(17)29-21)16-8-6-14-22-24(16)27-18-10-2-4-12-20(18)30-22;;/h1-14,26-27H;;. The summed E-state index contributed by atoms with van der Waals surface area (Å²) in [6.07, 6.45) is 0. The molecule has 2 heterocycles. The molecule has 0 amide bonds.